The molecule has 0 N–H and O–H groups in total. The van der Waals surface area contributed by atoms with E-state index in [-0.39, 0.29) is 12.2 Å². The van der Waals surface area contributed by atoms with Gasteiger partial charge in [0.05, 0.1) is 17.7 Å². The van der Waals surface area contributed by atoms with Gasteiger partial charge in [0.2, 0.25) is 0 Å². The predicted octanol–water partition coefficient (Wildman–Crippen LogP) is 1.98. The molecule has 2 aromatic rings. The lowest BCUT2D eigenvalue weighted by atomic mass is 10.2. The topological polar surface area (TPSA) is 90.9 Å². The van der Waals surface area contributed by atoms with Crippen molar-refractivity contribution in [3.05, 3.63) is 51.8 Å². The number of nitrogens with zero attached hydrogens (tertiary/aromatic N) is 4. The Kier molecular flexibility index (Phi) is 3.70. The second-order valence-corrected chi connectivity index (χ2v) is 4.05. The van der Waals surface area contributed by atoms with Crippen LogP contribution in [0.4, 0.5) is 18.9 Å². The van der Waals surface area contributed by atoms with Crippen LogP contribution in [0.2, 0.25) is 0 Å². The van der Waals surface area contributed by atoms with Crippen molar-refractivity contribution >= 4 is 11.5 Å². The summed E-state index contributed by atoms with van der Waals surface area (Å²) in [5, 5.41) is 17.1. The summed E-state index contributed by atoms with van der Waals surface area (Å²) in [5.41, 5.74) is -0.341. The van der Waals surface area contributed by atoms with Crippen LogP contribution in [0.15, 0.2) is 30.5 Å². The first kappa shape index (κ1) is 14.6. The smallest absolute Gasteiger partial charge is 0.282 e. The molecule has 0 amide bonds. The van der Waals surface area contributed by atoms with Gasteiger partial charge in [-0.05, 0) is 5.56 Å². The third-order valence-electron chi connectivity index (χ3n) is 2.52. The highest BCUT2D eigenvalue weighted by atomic mass is 19.4. The van der Waals surface area contributed by atoms with Crippen molar-refractivity contribution in [2.24, 2.45) is 0 Å². The normalized spacial score (nSPS) is 11.4. The summed E-state index contributed by atoms with van der Waals surface area (Å²) in [6.45, 7) is 0.0378. The molecule has 1 aromatic carbocycles. The molecule has 0 radical (unpaired) electrons. The number of benzene rings is 1. The number of non-ortho nitro benzene ring substituents is 1. The fourth-order valence-electron chi connectivity index (χ4n) is 1.54. The van der Waals surface area contributed by atoms with E-state index >= 15 is 0 Å². The second kappa shape index (κ2) is 5.31. The zero-order valence-corrected chi connectivity index (χ0v) is 10.2. The molecule has 1 heterocycles. The van der Waals surface area contributed by atoms with Gasteiger partial charge in [-0.15, -0.1) is 5.10 Å². The lowest BCUT2D eigenvalue weighted by Gasteiger charge is -2.01. The van der Waals surface area contributed by atoms with Gasteiger partial charge in [0, 0.05) is 12.1 Å². The van der Waals surface area contributed by atoms with Gasteiger partial charge in [0.1, 0.15) is 0 Å². The van der Waals surface area contributed by atoms with E-state index in [2.05, 4.69) is 10.3 Å². The Morgan fingerprint density at radius 3 is 2.43 bits per heavy atom. The zero-order chi connectivity index (χ0) is 15.6. The Morgan fingerprint density at radius 2 is 1.90 bits per heavy atom. The first-order chi connectivity index (χ1) is 9.77. The largest absolute Gasteiger partial charge is 0.456 e. The molecule has 0 spiro atoms. The molecule has 1 aromatic heterocycles. The number of rotatable bonds is 4. The van der Waals surface area contributed by atoms with Crippen molar-refractivity contribution in [3.63, 3.8) is 0 Å². The first-order valence-corrected chi connectivity index (χ1v) is 5.52. The molecule has 0 aliphatic rings. The van der Waals surface area contributed by atoms with Crippen LogP contribution in [-0.4, -0.2) is 31.9 Å². The van der Waals surface area contributed by atoms with Crippen LogP contribution in [0.25, 0.3) is 0 Å². The second-order valence-electron chi connectivity index (χ2n) is 4.05. The van der Waals surface area contributed by atoms with Gasteiger partial charge in [-0.1, -0.05) is 17.3 Å². The molecule has 0 saturated heterocycles. The summed E-state index contributed by atoms with van der Waals surface area (Å²) >= 11 is 0. The Labute approximate surface area is 115 Å². The minimum atomic E-state index is -5.01. The molecule has 0 saturated carbocycles. The molecule has 110 valence electrons. The lowest BCUT2D eigenvalue weighted by Crippen LogP contribution is -2.23. The van der Waals surface area contributed by atoms with Gasteiger partial charge in [-0.2, -0.15) is 13.2 Å². The molecular formula is C11H7F3N4O3. The predicted molar refractivity (Wildman–Crippen MR) is 62.6 cm³/mol. The highest BCUT2D eigenvalue weighted by Crippen LogP contribution is 2.20. The maximum Gasteiger partial charge on any atom is 0.456 e. The minimum Gasteiger partial charge on any atom is -0.282 e. The average Bonchev–Trinajstić information content (AvgIpc) is 2.85. The number of carbonyl (C=O) groups excluding carboxylic acids is 1. The van der Waals surface area contributed by atoms with Crippen molar-refractivity contribution in [1.82, 2.24) is 15.0 Å². The summed E-state index contributed by atoms with van der Waals surface area (Å²) in [6.07, 6.45) is -4.13. The van der Waals surface area contributed by atoms with E-state index in [0.29, 0.717) is 5.56 Å². The fourth-order valence-corrected chi connectivity index (χ4v) is 1.54. The minimum absolute atomic E-state index is 0.0378. The van der Waals surface area contributed by atoms with Crippen LogP contribution in [0, 0.1) is 10.1 Å². The van der Waals surface area contributed by atoms with E-state index in [1.54, 1.807) is 0 Å². The van der Waals surface area contributed by atoms with Crippen LogP contribution in [-0.2, 0) is 6.54 Å². The Bertz CT molecular complexity index is 679. The maximum absolute atomic E-state index is 12.2. The van der Waals surface area contributed by atoms with E-state index in [1.165, 1.54) is 24.3 Å². The number of nitro groups is 1. The number of halogens is 3. The maximum atomic E-state index is 12.2. The summed E-state index contributed by atoms with van der Waals surface area (Å²) in [6, 6.07) is 5.39. The van der Waals surface area contributed by atoms with Crippen LogP contribution < -0.4 is 0 Å². The molecule has 0 aliphatic heterocycles. The molecule has 0 bridgehead atoms. The first-order valence-electron chi connectivity index (χ1n) is 5.52. The fraction of sp³-hybridized carbons (Fsp3) is 0.182. The third kappa shape index (κ3) is 3.41. The molecule has 0 atom stereocenters. The SMILES string of the molecule is O=C(c1cn(Cc2ccc([N+](=O)[O-])cc2)nn1)C(F)(F)F. The molecule has 7 nitrogen and oxygen atoms in total. The highest BCUT2D eigenvalue weighted by molar-refractivity contribution is 5.98. The molecular weight excluding hydrogens is 293 g/mol. The number of ketones is 1. The van der Waals surface area contributed by atoms with Crippen molar-refractivity contribution < 1.29 is 22.9 Å². The number of alkyl halides is 3. The Balaban J connectivity index is 2.12. The van der Waals surface area contributed by atoms with Crippen molar-refractivity contribution in [1.29, 1.82) is 0 Å². The highest BCUT2D eigenvalue weighted by Gasteiger charge is 2.41. The summed E-state index contributed by atoms with van der Waals surface area (Å²) < 4.78 is 37.6. The van der Waals surface area contributed by atoms with Crippen molar-refractivity contribution in [3.8, 4) is 0 Å². The van der Waals surface area contributed by atoms with Crippen molar-refractivity contribution in [2.75, 3.05) is 0 Å². The molecule has 2 rings (SSSR count). The molecule has 10 heteroatoms. The van der Waals surface area contributed by atoms with Gasteiger partial charge >= 0.3 is 6.18 Å². The molecule has 0 fully saturated rings. The van der Waals surface area contributed by atoms with Gasteiger partial charge in [0.25, 0.3) is 11.5 Å². The Hall–Kier alpha value is -2.78. The molecule has 21 heavy (non-hydrogen) atoms. The number of Topliss-reactive ketones (excluding diaryl/α,β-unsaturated/α-hetero) is 1. The van der Waals surface area contributed by atoms with E-state index in [4.69, 9.17) is 0 Å². The zero-order valence-electron chi connectivity index (χ0n) is 10.2. The number of carbonyl (C=O) groups is 1. The quantitative estimate of drug-likeness (QED) is 0.489. The molecule has 0 unspecified atom stereocenters. The van der Waals surface area contributed by atoms with E-state index in [0.717, 1.165) is 10.9 Å². The van der Waals surface area contributed by atoms with E-state index in [1.807, 2.05) is 0 Å². The number of nitro benzene ring substituents is 1. The summed E-state index contributed by atoms with van der Waals surface area (Å²) in [5.74, 6) is -2.07. The number of aromatic nitrogens is 3. The van der Waals surface area contributed by atoms with Gasteiger partial charge in [-0.3, -0.25) is 14.9 Å². The third-order valence-corrected chi connectivity index (χ3v) is 2.52. The number of hydrogen-bond acceptors (Lipinski definition) is 5. The number of hydrogen-bond donors (Lipinski definition) is 0. The van der Waals surface area contributed by atoms with Crippen LogP contribution in [0.3, 0.4) is 0 Å². The lowest BCUT2D eigenvalue weighted by molar-refractivity contribution is -0.384. The van der Waals surface area contributed by atoms with Crippen LogP contribution >= 0.6 is 0 Å². The van der Waals surface area contributed by atoms with E-state index < -0.39 is 22.6 Å². The monoisotopic (exact) mass is 300 g/mol. The van der Waals surface area contributed by atoms with Crippen LogP contribution in [0.1, 0.15) is 16.1 Å². The van der Waals surface area contributed by atoms with E-state index in [9.17, 15) is 28.1 Å². The van der Waals surface area contributed by atoms with Crippen LogP contribution in [0.5, 0.6) is 0 Å². The van der Waals surface area contributed by atoms with Crippen molar-refractivity contribution in [2.45, 2.75) is 12.7 Å². The summed E-state index contributed by atoms with van der Waals surface area (Å²) in [4.78, 5) is 20.8. The standard InChI is InChI=1S/C11H7F3N4O3/c12-11(13,14)10(19)9-6-17(16-15-9)5-7-1-3-8(4-2-7)18(20)21/h1-4,6H,5H2. The summed E-state index contributed by atoms with van der Waals surface area (Å²) in [7, 11) is 0. The van der Waals surface area contributed by atoms with Gasteiger partial charge in [0.15, 0.2) is 5.69 Å². The van der Waals surface area contributed by atoms with Gasteiger partial charge in [-0.25, -0.2) is 4.68 Å². The Morgan fingerprint density at radius 1 is 1.29 bits per heavy atom. The molecule has 0 aliphatic carbocycles. The van der Waals surface area contributed by atoms with Gasteiger partial charge < -0.3 is 0 Å². The average molecular weight is 300 g/mol.